The molecule has 1 aromatic rings. The number of nitrogens with one attached hydrogen (secondary N) is 3. The molecule has 5 N–H and O–H groups in total. The highest BCUT2D eigenvalue weighted by Crippen LogP contribution is 2.23. The van der Waals surface area contributed by atoms with E-state index in [4.69, 9.17) is 5.73 Å². The second kappa shape index (κ2) is 7.25. The summed E-state index contributed by atoms with van der Waals surface area (Å²) in [6.07, 6.45) is 1.66. The van der Waals surface area contributed by atoms with Gasteiger partial charge in [0, 0.05) is 13.0 Å². The van der Waals surface area contributed by atoms with E-state index in [1.807, 2.05) is 6.92 Å². The maximum Gasteiger partial charge on any atom is 0.270 e. The summed E-state index contributed by atoms with van der Waals surface area (Å²) in [5, 5.41) is 11.8. The molecule has 2 amide bonds. The number of nitrogens with zero attached hydrogens (tertiary/aromatic N) is 1. The number of aromatic nitrogens is 2. The van der Waals surface area contributed by atoms with Gasteiger partial charge < -0.3 is 16.4 Å². The lowest BCUT2D eigenvalue weighted by molar-refractivity contribution is -0.114. The third-order valence-electron chi connectivity index (χ3n) is 2.45. The first kappa shape index (κ1) is 15.6. The average molecular weight is 332 g/mol. The summed E-state index contributed by atoms with van der Waals surface area (Å²) in [7, 11) is 0. The Bertz CT molecular complexity index is 460. The molecule has 1 rings (SSSR count). The van der Waals surface area contributed by atoms with E-state index in [1.165, 1.54) is 6.92 Å². The van der Waals surface area contributed by atoms with Crippen LogP contribution in [0.1, 0.15) is 37.2 Å². The first-order valence-corrected chi connectivity index (χ1v) is 6.77. The topological polar surface area (TPSA) is 113 Å². The van der Waals surface area contributed by atoms with E-state index in [0.29, 0.717) is 16.8 Å². The predicted octanol–water partition coefficient (Wildman–Crippen LogP) is 0.988. The van der Waals surface area contributed by atoms with E-state index < -0.39 is 0 Å². The number of carbonyl (C=O) groups is 2. The van der Waals surface area contributed by atoms with Gasteiger partial charge in [0.05, 0.1) is 4.47 Å². The number of rotatable bonds is 6. The van der Waals surface area contributed by atoms with Crippen LogP contribution in [0.4, 0.5) is 5.82 Å². The van der Waals surface area contributed by atoms with Crippen molar-refractivity contribution in [2.24, 2.45) is 5.73 Å². The molecular weight excluding hydrogens is 314 g/mol. The molecule has 19 heavy (non-hydrogen) atoms. The largest absolute Gasteiger partial charge is 0.348 e. The fraction of sp³-hybridized carbons (Fsp3) is 0.545. The van der Waals surface area contributed by atoms with Crippen molar-refractivity contribution in [3.05, 3.63) is 10.2 Å². The first-order chi connectivity index (χ1) is 8.95. The minimum Gasteiger partial charge on any atom is -0.348 e. The van der Waals surface area contributed by atoms with Crippen LogP contribution >= 0.6 is 15.9 Å². The van der Waals surface area contributed by atoms with Crippen LogP contribution in [0.3, 0.4) is 0 Å². The third-order valence-corrected chi connectivity index (χ3v) is 3.22. The normalized spacial score (nSPS) is 12.0. The molecule has 106 valence electrons. The van der Waals surface area contributed by atoms with Crippen LogP contribution in [-0.4, -0.2) is 34.6 Å². The molecule has 0 aliphatic carbocycles. The lowest BCUT2D eigenvalue weighted by Gasteiger charge is -2.12. The quantitative estimate of drug-likeness (QED) is 0.622. The van der Waals surface area contributed by atoms with E-state index in [-0.39, 0.29) is 23.6 Å². The highest BCUT2D eigenvalue weighted by Gasteiger charge is 2.19. The summed E-state index contributed by atoms with van der Waals surface area (Å²) < 4.78 is 0.436. The smallest absolute Gasteiger partial charge is 0.270 e. The Balaban J connectivity index is 2.67. The van der Waals surface area contributed by atoms with Gasteiger partial charge in [0.25, 0.3) is 5.91 Å². The number of anilines is 1. The van der Waals surface area contributed by atoms with E-state index in [1.54, 1.807) is 0 Å². The molecule has 8 heteroatoms. The van der Waals surface area contributed by atoms with Gasteiger partial charge in [0.1, 0.15) is 5.69 Å². The van der Waals surface area contributed by atoms with Crippen LogP contribution < -0.4 is 16.4 Å². The summed E-state index contributed by atoms with van der Waals surface area (Å²) in [4.78, 5) is 22.9. The number of nitrogens with two attached hydrogens (primary N) is 1. The zero-order valence-corrected chi connectivity index (χ0v) is 12.5. The van der Waals surface area contributed by atoms with Gasteiger partial charge in [-0.2, -0.15) is 5.10 Å². The molecule has 0 saturated heterocycles. The predicted molar refractivity (Wildman–Crippen MR) is 75.8 cm³/mol. The van der Waals surface area contributed by atoms with Gasteiger partial charge in [0.15, 0.2) is 5.82 Å². The van der Waals surface area contributed by atoms with E-state index >= 15 is 0 Å². The van der Waals surface area contributed by atoms with Crippen LogP contribution in [0.15, 0.2) is 4.47 Å². The summed E-state index contributed by atoms with van der Waals surface area (Å²) in [6, 6.07) is 0.0236. The van der Waals surface area contributed by atoms with Crippen molar-refractivity contribution >= 4 is 33.6 Å². The number of carbonyl (C=O) groups excluding carboxylic acids is 2. The van der Waals surface area contributed by atoms with Crippen LogP contribution in [0.25, 0.3) is 0 Å². The number of H-pyrrole nitrogens is 1. The van der Waals surface area contributed by atoms with Crippen LogP contribution in [0, 0.1) is 0 Å². The Labute approximate surface area is 119 Å². The highest BCUT2D eigenvalue weighted by molar-refractivity contribution is 9.10. The molecule has 7 nitrogen and oxygen atoms in total. The minimum absolute atomic E-state index is 0.0236. The standard InChI is InChI=1S/C11H18BrN5O2/c1-6(4-3-5-13)14-11(19)9-8(12)10(17-16-9)15-7(2)18/h6H,3-5,13H2,1-2H3,(H,14,19)(H2,15,16,17,18). The Morgan fingerprint density at radius 2 is 2.21 bits per heavy atom. The number of aromatic amines is 1. The lowest BCUT2D eigenvalue weighted by atomic mass is 10.2. The molecular formula is C11H18BrN5O2. The van der Waals surface area contributed by atoms with E-state index in [2.05, 4.69) is 36.8 Å². The number of halogens is 1. The van der Waals surface area contributed by atoms with Crippen molar-refractivity contribution in [2.75, 3.05) is 11.9 Å². The Morgan fingerprint density at radius 3 is 2.79 bits per heavy atom. The van der Waals surface area contributed by atoms with Gasteiger partial charge in [-0.15, -0.1) is 0 Å². The molecule has 0 saturated carbocycles. The van der Waals surface area contributed by atoms with Gasteiger partial charge in [-0.3, -0.25) is 14.7 Å². The molecule has 0 aliphatic heterocycles. The molecule has 0 bridgehead atoms. The Kier molecular flexibility index (Phi) is 5.97. The average Bonchev–Trinajstić information content (AvgIpc) is 2.68. The van der Waals surface area contributed by atoms with Crippen LogP contribution in [0.2, 0.25) is 0 Å². The van der Waals surface area contributed by atoms with Crippen molar-refractivity contribution in [2.45, 2.75) is 32.7 Å². The molecule has 1 heterocycles. The Morgan fingerprint density at radius 1 is 1.53 bits per heavy atom. The molecule has 0 aliphatic rings. The molecule has 0 aromatic carbocycles. The second-order valence-corrected chi connectivity index (χ2v) is 5.04. The van der Waals surface area contributed by atoms with Gasteiger partial charge in [-0.05, 0) is 42.2 Å². The van der Waals surface area contributed by atoms with E-state index in [9.17, 15) is 9.59 Å². The van der Waals surface area contributed by atoms with Crippen LogP contribution in [0.5, 0.6) is 0 Å². The van der Waals surface area contributed by atoms with Crippen molar-refractivity contribution in [1.82, 2.24) is 15.5 Å². The van der Waals surface area contributed by atoms with E-state index in [0.717, 1.165) is 12.8 Å². The summed E-state index contributed by atoms with van der Waals surface area (Å²) >= 11 is 3.23. The second-order valence-electron chi connectivity index (χ2n) is 4.25. The maximum absolute atomic E-state index is 12.0. The summed E-state index contributed by atoms with van der Waals surface area (Å²) in [5.41, 5.74) is 5.70. The SMILES string of the molecule is CC(=O)Nc1n[nH]c(C(=O)NC(C)CCCN)c1Br. The fourth-order valence-electron chi connectivity index (χ4n) is 1.52. The highest BCUT2D eigenvalue weighted by atomic mass is 79.9. The first-order valence-electron chi connectivity index (χ1n) is 5.98. The minimum atomic E-state index is -0.277. The maximum atomic E-state index is 12.0. The van der Waals surface area contributed by atoms with Crippen molar-refractivity contribution in [3.8, 4) is 0 Å². The zero-order chi connectivity index (χ0) is 14.4. The third kappa shape index (κ3) is 4.64. The Hall–Kier alpha value is -1.41. The zero-order valence-electron chi connectivity index (χ0n) is 10.9. The number of hydrogen-bond donors (Lipinski definition) is 4. The van der Waals surface area contributed by atoms with Crippen molar-refractivity contribution in [1.29, 1.82) is 0 Å². The van der Waals surface area contributed by atoms with Gasteiger partial charge in [-0.25, -0.2) is 0 Å². The summed E-state index contributed by atoms with van der Waals surface area (Å²) in [6.45, 7) is 3.88. The lowest BCUT2D eigenvalue weighted by Crippen LogP contribution is -2.33. The fourth-order valence-corrected chi connectivity index (χ4v) is 1.98. The molecule has 1 aromatic heterocycles. The molecule has 1 unspecified atom stereocenters. The monoisotopic (exact) mass is 331 g/mol. The van der Waals surface area contributed by atoms with Gasteiger partial charge >= 0.3 is 0 Å². The molecule has 1 atom stereocenters. The summed E-state index contributed by atoms with van der Waals surface area (Å²) in [5.74, 6) is -0.233. The van der Waals surface area contributed by atoms with Gasteiger partial charge in [0.2, 0.25) is 5.91 Å². The molecule has 0 radical (unpaired) electrons. The van der Waals surface area contributed by atoms with Gasteiger partial charge in [-0.1, -0.05) is 0 Å². The van der Waals surface area contributed by atoms with Crippen molar-refractivity contribution < 1.29 is 9.59 Å². The number of amides is 2. The van der Waals surface area contributed by atoms with Crippen LogP contribution in [-0.2, 0) is 4.79 Å². The van der Waals surface area contributed by atoms with Crippen molar-refractivity contribution in [3.63, 3.8) is 0 Å². The molecule has 0 spiro atoms. The molecule has 0 fully saturated rings. The number of hydrogen-bond acceptors (Lipinski definition) is 4.